The summed E-state index contributed by atoms with van der Waals surface area (Å²) in [5, 5.41) is 0. The van der Waals surface area contributed by atoms with Gasteiger partial charge in [0.05, 0.1) is 59.5 Å². The van der Waals surface area contributed by atoms with E-state index in [0.29, 0.717) is 33.0 Å². The molecule has 0 aliphatic carbocycles. The molecule has 7 rings (SSSR count). The predicted octanol–water partition coefficient (Wildman–Crippen LogP) is 9.50. The highest BCUT2D eigenvalue weighted by Gasteiger charge is 2.55. The summed E-state index contributed by atoms with van der Waals surface area (Å²) in [7, 11) is 0. The molecule has 6 aromatic rings. The van der Waals surface area contributed by atoms with Crippen molar-refractivity contribution in [3.05, 3.63) is 215 Å². The third-order valence-electron chi connectivity index (χ3n) is 10.1. The molecular weight excluding hydrogens is 741 g/mol. The lowest BCUT2D eigenvalue weighted by molar-refractivity contribution is -0.374. The molecule has 0 bridgehead atoms. The molecule has 8 heteroatoms. The van der Waals surface area contributed by atoms with E-state index in [9.17, 15) is 0 Å². The highest BCUT2D eigenvalue weighted by Crippen LogP contribution is 2.36. The Hall–Kier alpha value is -5.00. The summed E-state index contributed by atoms with van der Waals surface area (Å²) in [5.41, 5.74) is 6.22. The zero-order valence-electron chi connectivity index (χ0n) is 33.5. The van der Waals surface area contributed by atoms with E-state index in [1.165, 1.54) is 0 Å². The summed E-state index contributed by atoms with van der Waals surface area (Å²) in [6.07, 6.45) is -2.37. The molecule has 6 aromatic carbocycles. The molecule has 306 valence electrons. The standard InChI is InChI=1S/C51H54O8/c1-7-19-41(20-8-1)31-52-37-47(54-33-43-23-11-3-12-24-43)38-58-51(40-53-32-42-21-9-2-10-22-42)50(57-36-46-29-17-6-18-30-46)49(56-35-45-27-15-5-16-28-45)48(39-59-51)55-34-44-25-13-4-14-26-44/h1-30,47-50H,31-40H2/t47?,48-,49-,50+,51-/m1/s1. The lowest BCUT2D eigenvalue weighted by Crippen LogP contribution is -2.66. The molecule has 0 aromatic heterocycles. The van der Waals surface area contributed by atoms with Crippen LogP contribution in [0.1, 0.15) is 33.4 Å². The minimum atomic E-state index is -1.43. The molecule has 1 aliphatic heterocycles. The molecule has 1 saturated heterocycles. The van der Waals surface area contributed by atoms with Crippen molar-refractivity contribution in [2.45, 2.75) is 69.8 Å². The highest BCUT2D eigenvalue weighted by atomic mass is 16.8. The van der Waals surface area contributed by atoms with Crippen LogP contribution >= 0.6 is 0 Å². The zero-order valence-corrected chi connectivity index (χ0v) is 33.5. The first kappa shape index (κ1) is 42.1. The molecule has 1 unspecified atom stereocenters. The lowest BCUT2D eigenvalue weighted by Gasteiger charge is -2.49. The maximum absolute atomic E-state index is 7.04. The third kappa shape index (κ3) is 13.2. The van der Waals surface area contributed by atoms with Crippen LogP contribution in [0, 0.1) is 0 Å². The summed E-state index contributed by atoms with van der Waals surface area (Å²) in [4.78, 5) is 0. The average molecular weight is 795 g/mol. The molecule has 1 aliphatic rings. The van der Waals surface area contributed by atoms with Crippen molar-refractivity contribution in [2.75, 3.05) is 26.4 Å². The van der Waals surface area contributed by atoms with Crippen LogP contribution in [0.25, 0.3) is 0 Å². The second-order valence-electron chi connectivity index (χ2n) is 14.6. The smallest absolute Gasteiger partial charge is 0.221 e. The Morgan fingerprint density at radius 3 is 1.34 bits per heavy atom. The highest BCUT2D eigenvalue weighted by molar-refractivity contribution is 5.18. The van der Waals surface area contributed by atoms with Crippen LogP contribution in [0.3, 0.4) is 0 Å². The quantitative estimate of drug-likeness (QED) is 0.0636. The Bertz CT molecular complexity index is 2000. The van der Waals surface area contributed by atoms with Crippen molar-refractivity contribution in [1.82, 2.24) is 0 Å². The van der Waals surface area contributed by atoms with Crippen molar-refractivity contribution in [3.63, 3.8) is 0 Å². The van der Waals surface area contributed by atoms with Gasteiger partial charge in [0, 0.05) is 0 Å². The summed E-state index contributed by atoms with van der Waals surface area (Å²) in [6.45, 7) is 2.79. The van der Waals surface area contributed by atoms with Crippen LogP contribution in [0.2, 0.25) is 0 Å². The number of benzene rings is 6. The zero-order chi connectivity index (χ0) is 40.2. The van der Waals surface area contributed by atoms with Crippen molar-refractivity contribution >= 4 is 0 Å². The van der Waals surface area contributed by atoms with Crippen LogP contribution < -0.4 is 0 Å². The Kier molecular flexibility index (Phi) is 16.4. The maximum Gasteiger partial charge on any atom is 0.221 e. The summed E-state index contributed by atoms with van der Waals surface area (Å²) in [5.74, 6) is -1.43. The Morgan fingerprint density at radius 2 is 0.847 bits per heavy atom. The molecule has 0 spiro atoms. The number of hydrogen-bond acceptors (Lipinski definition) is 8. The predicted molar refractivity (Wildman–Crippen MR) is 227 cm³/mol. The van der Waals surface area contributed by atoms with Crippen LogP contribution in [0.4, 0.5) is 0 Å². The molecule has 1 heterocycles. The fourth-order valence-corrected chi connectivity index (χ4v) is 6.93. The molecule has 5 atom stereocenters. The molecule has 0 radical (unpaired) electrons. The van der Waals surface area contributed by atoms with Gasteiger partial charge >= 0.3 is 0 Å². The minimum Gasteiger partial charge on any atom is -0.374 e. The van der Waals surface area contributed by atoms with E-state index in [-0.39, 0.29) is 33.0 Å². The van der Waals surface area contributed by atoms with Gasteiger partial charge < -0.3 is 37.9 Å². The van der Waals surface area contributed by atoms with E-state index in [4.69, 9.17) is 37.9 Å². The van der Waals surface area contributed by atoms with E-state index in [1.54, 1.807) is 0 Å². The first-order valence-electron chi connectivity index (χ1n) is 20.4. The Labute approximate surface area is 348 Å². The van der Waals surface area contributed by atoms with Crippen LogP contribution in [0.15, 0.2) is 182 Å². The SMILES string of the molecule is c1ccc(COCC(CO[C@]2(COCc3ccccc3)OC[C@@H](OCc3ccccc3)[C@@H](OCc3ccccc3)[C@@H]2OCc2ccccc2)OCc2ccccc2)cc1. The summed E-state index contributed by atoms with van der Waals surface area (Å²) >= 11 is 0. The van der Waals surface area contributed by atoms with Gasteiger partial charge in [-0.25, -0.2) is 0 Å². The van der Waals surface area contributed by atoms with Gasteiger partial charge in [-0.05, 0) is 33.4 Å². The first-order valence-corrected chi connectivity index (χ1v) is 20.4. The van der Waals surface area contributed by atoms with Gasteiger partial charge in [-0.2, -0.15) is 0 Å². The van der Waals surface area contributed by atoms with Gasteiger partial charge in [-0.1, -0.05) is 182 Å². The first-order chi connectivity index (χ1) is 29.2. The molecule has 8 nitrogen and oxygen atoms in total. The van der Waals surface area contributed by atoms with Gasteiger partial charge in [0.2, 0.25) is 5.79 Å². The largest absolute Gasteiger partial charge is 0.374 e. The van der Waals surface area contributed by atoms with E-state index in [1.807, 2.05) is 170 Å². The monoisotopic (exact) mass is 794 g/mol. The van der Waals surface area contributed by atoms with Gasteiger partial charge in [0.25, 0.3) is 0 Å². The lowest BCUT2D eigenvalue weighted by atomic mass is 9.95. The van der Waals surface area contributed by atoms with Gasteiger partial charge in [0.1, 0.15) is 31.0 Å². The van der Waals surface area contributed by atoms with Crippen molar-refractivity contribution in [3.8, 4) is 0 Å². The van der Waals surface area contributed by atoms with Gasteiger partial charge in [0.15, 0.2) is 0 Å². The molecule has 59 heavy (non-hydrogen) atoms. The van der Waals surface area contributed by atoms with Crippen molar-refractivity contribution < 1.29 is 37.9 Å². The Morgan fingerprint density at radius 1 is 0.441 bits per heavy atom. The maximum atomic E-state index is 7.04. The number of hydrogen-bond donors (Lipinski definition) is 0. The minimum absolute atomic E-state index is 0.0498. The molecule has 1 fully saturated rings. The second-order valence-corrected chi connectivity index (χ2v) is 14.6. The molecular formula is C51H54O8. The fourth-order valence-electron chi connectivity index (χ4n) is 6.93. The van der Waals surface area contributed by atoms with Crippen molar-refractivity contribution in [2.24, 2.45) is 0 Å². The van der Waals surface area contributed by atoms with Crippen molar-refractivity contribution in [1.29, 1.82) is 0 Å². The molecule has 0 saturated carbocycles. The average Bonchev–Trinajstić information content (AvgIpc) is 3.30. The summed E-state index contributed by atoms with van der Waals surface area (Å²) in [6, 6.07) is 60.6. The number of rotatable bonds is 23. The van der Waals surface area contributed by atoms with Crippen LogP contribution in [0.5, 0.6) is 0 Å². The Balaban J connectivity index is 1.19. The molecule has 0 amide bonds. The molecule has 0 N–H and O–H groups in total. The van der Waals surface area contributed by atoms with E-state index in [2.05, 4.69) is 12.1 Å². The third-order valence-corrected chi connectivity index (χ3v) is 10.1. The second kappa shape index (κ2) is 23.0. The normalized spacial score (nSPS) is 19.6. The fraction of sp³-hybridized carbons (Fsp3) is 0.294. The summed E-state index contributed by atoms with van der Waals surface area (Å²) < 4.78 is 53.8. The van der Waals surface area contributed by atoms with E-state index >= 15 is 0 Å². The topological polar surface area (TPSA) is 73.8 Å². The van der Waals surface area contributed by atoms with Gasteiger partial charge in [-0.3, -0.25) is 0 Å². The van der Waals surface area contributed by atoms with Gasteiger partial charge in [-0.15, -0.1) is 0 Å². The van der Waals surface area contributed by atoms with Crippen LogP contribution in [-0.4, -0.2) is 56.6 Å². The van der Waals surface area contributed by atoms with Crippen LogP contribution in [-0.2, 0) is 77.5 Å². The van der Waals surface area contributed by atoms with E-state index in [0.717, 1.165) is 33.4 Å². The number of ether oxygens (including phenoxy) is 8. The van der Waals surface area contributed by atoms with E-state index < -0.39 is 30.2 Å².